The average Bonchev–Trinajstić information content (AvgIpc) is 3.17. The van der Waals surface area contributed by atoms with Gasteiger partial charge in [-0.25, -0.2) is 0 Å². The Morgan fingerprint density at radius 2 is 1.96 bits per heavy atom. The van der Waals surface area contributed by atoms with Gasteiger partial charge < -0.3 is 0 Å². The molecule has 0 radical (unpaired) electrons. The van der Waals surface area contributed by atoms with Crippen molar-refractivity contribution in [3.05, 3.63) is 81.4 Å². The molecule has 0 N–H and O–H groups in total. The van der Waals surface area contributed by atoms with Gasteiger partial charge in [-0.3, -0.25) is 9.78 Å². The van der Waals surface area contributed by atoms with Gasteiger partial charge >= 0.3 is 0 Å². The molecule has 6 heteroatoms. The third-order valence-corrected chi connectivity index (χ3v) is 4.41. The Hall–Kier alpha value is -3.12. The number of fused-ring (bicyclic) bond motifs is 1. The highest BCUT2D eigenvalue weighted by Gasteiger charge is 2.11. The molecule has 0 saturated carbocycles. The van der Waals surface area contributed by atoms with Crippen LogP contribution in [0.2, 0.25) is 0 Å². The third-order valence-electron chi connectivity index (χ3n) is 3.44. The summed E-state index contributed by atoms with van der Waals surface area (Å²) in [5.74, 6) is 0.512. The van der Waals surface area contributed by atoms with E-state index in [0.29, 0.717) is 15.3 Å². The number of allylic oxidation sites excluding steroid dienone is 1. The lowest BCUT2D eigenvalue weighted by atomic mass is 10.2. The van der Waals surface area contributed by atoms with E-state index in [1.807, 2.05) is 54.6 Å². The number of pyridine rings is 1. The first-order valence-corrected chi connectivity index (χ1v) is 8.16. The minimum atomic E-state index is -0.157. The molecule has 0 aliphatic carbocycles. The van der Waals surface area contributed by atoms with Gasteiger partial charge in [0.05, 0.1) is 4.53 Å². The minimum Gasteiger partial charge on any atom is -0.266 e. The molecule has 0 unspecified atom stereocenters. The number of thiazole rings is 1. The largest absolute Gasteiger partial charge is 0.291 e. The van der Waals surface area contributed by atoms with Crippen molar-refractivity contribution in [2.75, 3.05) is 0 Å². The van der Waals surface area contributed by atoms with E-state index in [-0.39, 0.29) is 5.56 Å². The van der Waals surface area contributed by atoms with Crippen LogP contribution in [-0.4, -0.2) is 19.6 Å². The van der Waals surface area contributed by atoms with Gasteiger partial charge in [0.25, 0.3) is 5.56 Å². The molecule has 0 fully saturated rings. The summed E-state index contributed by atoms with van der Waals surface area (Å²) in [6, 6.07) is 13.6. The predicted molar refractivity (Wildman–Crippen MR) is 95.5 cm³/mol. The molecular weight excluding hydrogens is 320 g/mol. The molecule has 0 aliphatic rings. The van der Waals surface area contributed by atoms with Gasteiger partial charge in [0.1, 0.15) is 0 Å². The van der Waals surface area contributed by atoms with E-state index in [1.54, 1.807) is 18.5 Å². The van der Waals surface area contributed by atoms with E-state index in [1.165, 1.54) is 15.9 Å². The Bertz CT molecular complexity index is 1110. The highest BCUT2D eigenvalue weighted by atomic mass is 32.1. The predicted octanol–water partition coefficient (Wildman–Crippen LogP) is 2.43. The summed E-state index contributed by atoms with van der Waals surface area (Å²) in [5.41, 5.74) is 1.72. The second kappa shape index (κ2) is 6.17. The molecule has 4 aromatic rings. The molecule has 3 aromatic heterocycles. The van der Waals surface area contributed by atoms with Gasteiger partial charge in [0.2, 0.25) is 4.96 Å². The van der Waals surface area contributed by atoms with Crippen molar-refractivity contribution in [3.8, 4) is 11.4 Å². The molecule has 0 spiro atoms. The molecule has 116 valence electrons. The van der Waals surface area contributed by atoms with Crippen LogP contribution in [0.4, 0.5) is 0 Å². The molecule has 4 rings (SSSR count). The Kier molecular flexibility index (Phi) is 3.72. The highest BCUT2D eigenvalue weighted by molar-refractivity contribution is 7.15. The van der Waals surface area contributed by atoms with E-state index < -0.39 is 0 Å². The van der Waals surface area contributed by atoms with Crippen molar-refractivity contribution < 1.29 is 0 Å². The zero-order valence-electron chi connectivity index (χ0n) is 12.5. The first-order valence-electron chi connectivity index (χ1n) is 7.35. The quantitative estimate of drug-likeness (QED) is 0.578. The summed E-state index contributed by atoms with van der Waals surface area (Å²) in [6.45, 7) is 0. The van der Waals surface area contributed by atoms with Gasteiger partial charge in [0, 0.05) is 18.0 Å². The van der Waals surface area contributed by atoms with Crippen LogP contribution >= 0.6 is 11.3 Å². The standard InChI is InChI=1S/C18H12N4OS/c23-17-15(10-4-8-13-6-2-1-3-7-13)24-18-20-16(21-22(17)18)14-9-5-11-19-12-14/h1-12H. The number of aromatic nitrogens is 4. The lowest BCUT2D eigenvalue weighted by molar-refractivity contribution is 0.936. The number of hydrogen-bond donors (Lipinski definition) is 0. The molecule has 0 saturated heterocycles. The number of hydrogen-bond acceptors (Lipinski definition) is 5. The summed E-state index contributed by atoms with van der Waals surface area (Å²) < 4.78 is 1.95. The second-order valence-corrected chi connectivity index (χ2v) is 6.09. The molecular formula is C18H12N4OS. The van der Waals surface area contributed by atoms with Crippen molar-refractivity contribution in [3.63, 3.8) is 0 Å². The van der Waals surface area contributed by atoms with Gasteiger partial charge in [0.15, 0.2) is 5.82 Å². The number of nitrogens with zero attached hydrogens (tertiary/aromatic N) is 4. The summed E-state index contributed by atoms with van der Waals surface area (Å²) in [7, 11) is 0. The summed E-state index contributed by atoms with van der Waals surface area (Å²) in [4.78, 5) is 21.4. The fourth-order valence-electron chi connectivity index (χ4n) is 2.28. The molecule has 1 aromatic carbocycles. The van der Waals surface area contributed by atoms with Gasteiger partial charge in [-0.2, -0.15) is 9.50 Å². The van der Waals surface area contributed by atoms with Crippen LogP contribution < -0.4 is 10.1 Å². The Morgan fingerprint density at radius 1 is 1.08 bits per heavy atom. The maximum absolute atomic E-state index is 12.4. The van der Waals surface area contributed by atoms with E-state index in [4.69, 9.17) is 0 Å². The zero-order chi connectivity index (χ0) is 16.4. The molecule has 0 bridgehead atoms. The van der Waals surface area contributed by atoms with Crippen LogP contribution in [0.3, 0.4) is 0 Å². The van der Waals surface area contributed by atoms with Gasteiger partial charge in [-0.1, -0.05) is 53.8 Å². The van der Waals surface area contributed by atoms with Crippen molar-refractivity contribution >= 4 is 28.4 Å². The van der Waals surface area contributed by atoms with E-state index in [9.17, 15) is 4.79 Å². The fourth-order valence-corrected chi connectivity index (χ4v) is 3.14. The number of benzene rings is 1. The Balaban J connectivity index is 1.70. The topological polar surface area (TPSA) is 60.2 Å². The van der Waals surface area contributed by atoms with Crippen LogP contribution in [0.1, 0.15) is 5.56 Å². The first kappa shape index (κ1) is 14.5. The number of rotatable bonds is 3. The lowest BCUT2D eigenvalue weighted by Crippen LogP contribution is -2.23. The van der Waals surface area contributed by atoms with Gasteiger partial charge in [-0.05, 0) is 23.8 Å². The molecule has 5 nitrogen and oxygen atoms in total. The summed E-state index contributed by atoms with van der Waals surface area (Å²) in [6.07, 6.45) is 8.98. The minimum absolute atomic E-state index is 0.157. The Labute approximate surface area is 141 Å². The SMILES string of the molecule is O=c1c(=CC=Cc2ccccc2)sc2nc(-c3cccnc3)nn12. The van der Waals surface area contributed by atoms with Crippen LogP contribution in [0, 0.1) is 0 Å². The van der Waals surface area contributed by atoms with Crippen LogP contribution in [-0.2, 0) is 0 Å². The molecule has 0 amide bonds. The maximum atomic E-state index is 12.4. The molecule has 3 heterocycles. The molecule has 0 atom stereocenters. The normalized spacial score (nSPS) is 12.4. The monoisotopic (exact) mass is 332 g/mol. The molecule has 0 aliphatic heterocycles. The van der Waals surface area contributed by atoms with Crippen molar-refractivity contribution in [2.45, 2.75) is 0 Å². The van der Waals surface area contributed by atoms with Crippen molar-refractivity contribution in [1.29, 1.82) is 0 Å². The van der Waals surface area contributed by atoms with Crippen LogP contribution in [0.25, 0.3) is 28.5 Å². The Morgan fingerprint density at radius 3 is 2.71 bits per heavy atom. The fraction of sp³-hybridized carbons (Fsp3) is 0. The summed E-state index contributed by atoms with van der Waals surface area (Å²) >= 11 is 1.32. The van der Waals surface area contributed by atoms with E-state index in [0.717, 1.165) is 11.1 Å². The van der Waals surface area contributed by atoms with Crippen LogP contribution in [0.5, 0.6) is 0 Å². The second-order valence-electron chi connectivity index (χ2n) is 5.08. The first-order chi connectivity index (χ1) is 11.8. The highest BCUT2D eigenvalue weighted by Crippen LogP contribution is 2.14. The van der Waals surface area contributed by atoms with E-state index in [2.05, 4.69) is 15.1 Å². The van der Waals surface area contributed by atoms with Crippen LogP contribution in [0.15, 0.2) is 65.7 Å². The smallest absolute Gasteiger partial charge is 0.266 e. The van der Waals surface area contributed by atoms with Crippen molar-refractivity contribution in [2.24, 2.45) is 0 Å². The third kappa shape index (κ3) is 2.75. The van der Waals surface area contributed by atoms with Gasteiger partial charge in [-0.15, -0.1) is 5.10 Å². The lowest BCUT2D eigenvalue weighted by Gasteiger charge is -1.90. The van der Waals surface area contributed by atoms with E-state index >= 15 is 0 Å². The van der Waals surface area contributed by atoms with Crippen molar-refractivity contribution in [1.82, 2.24) is 19.6 Å². The molecule has 24 heavy (non-hydrogen) atoms. The maximum Gasteiger partial charge on any atom is 0.291 e. The average molecular weight is 332 g/mol. The summed E-state index contributed by atoms with van der Waals surface area (Å²) in [5, 5.41) is 4.29. The zero-order valence-corrected chi connectivity index (χ0v) is 13.4.